The lowest BCUT2D eigenvalue weighted by molar-refractivity contribution is -0.147. The summed E-state index contributed by atoms with van der Waals surface area (Å²) in [5.74, 6) is -1.44. The molecule has 0 aliphatic rings. The van der Waals surface area contributed by atoms with Gasteiger partial charge in [0.25, 0.3) is 0 Å². The number of rotatable bonds is 12. The van der Waals surface area contributed by atoms with Crippen molar-refractivity contribution in [2.45, 2.75) is 38.0 Å². The van der Waals surface area contributed by atoms with E-state index in [1.54, 1.807) is 30.3 Å². The molecular weight excluding hydrogens is 372 g/mol. The Morgan fingerprint density at radius 2 is 1.93 bits per heavy atom. The third-order valence-corrected chi connectivity index (χ3v) is 5.10. The summed E-state index contributed by atoms with van der Waals surface area (Å²) in [5.41, 5.74) is 0.576. The van der Waals surface area contributed by atoms with Gasteiger partial charge in [-0.15, -0.1) is 0 Å². The largest absolute Gasteiger partial charge is 0.468 e. The lowest BCUT2D eigenvalue weighted by Gasteiger charge is -2.26. The molecule has 0 radical (unpaired) electrons. The zero-order valence-corrected chi connectivity index (χ0v) is 16.4. The first-order valence-corrected chi connectivity index (χ1v) is 10.3. The van der Waals surface area contributed by atoms with Gasteiger partial charge < -0.3 is 14.4 Å². The highest BCUT2D eigenvalue weighted by molar-refractivity contribution is 7.88. The summed E-state index contributed by atoms with van der Waals surface area (Å²) in [5, 5.41) is 0. The SMILES string of the molecule is CCCN(CC(=O)OC)C(=O)C(CCC=O)NS(=O)(=O)Cc1ccccc1. The van der Waals surface area contributed by atoms with Crippen molar-refractivity contribution in [3.63, 3.8) is 0 Å². The molecule has 1 aromatic carbocycles. The molecule has 1 aromatic rings. The number of esters is 1. The first-order valence-electron chi connectivity index (χ1n) is 8.66. The molecule has 27 heavy (non-hydrogen) atoms. The van der Waals surface area contributed by atoms with E-state index < -0.39 is 27.9 Å². The maximum atomic E-state index is 12.8. The molecule has 9 heteroatoms. The number of carbonyl (C=O) groups excluding carboxylic acids is 3. The van der Waals surface area contributed by atoms with Crippen molar-refractivity contribution in [1.29, 1.82) is 0 Å². The number of hydrogen-bond donors (Lipinski definition) is 1. The van der Waals surface area contributed by atoms with E-state index in [2.05, 4.69) is 9.46 Å². The highest BCUT2D eigenvalue weighted by Gasteiger charge is 2.29. The van der Waals surface area contributed by atoms with E-state index in [-0.39, 0.29) is 31.7 Å². The van der Waals surface area contributed by atoms with Crippen LogP contribution in [-0.2, 0) is 34.9 Å². The summed E-state index contributed by atoms with van der Waals surface area (Å²) in [6, 6.07) is 7.43. The topological polar surface area (TPSA) is 110 Å². The number of aldehydes is 1. The van der Waals surface area contributed by atoms with E-state index in [1.165, 1.54) is 12.0 Å². The third kappa shape index (κ3) is 8.31. The summed E-state index contributed by atoms with van der Waals surface area (Å²) in [6.45, 7) is 1.82. The van der Waals surface area contributed by atoms with Gasteiger partial charge in [0.05, 0.1) is 12.9 Å². The van der Waals surface area contributed by atoms with Crippen LogP contribution >= 0.6 is 0 Å². The second kappa shape index (κ2) is 11.5. The van der Waals surface area contributed by atoms with Crippen molar-refractivity contribution in [2.75, 3.05) is 20.2 Å². The van der Waals surface area contributed by atoms with Crippen LogP contribution in [-0.4, -0.2) is 57.7 Å². The zero-order valence-electron chi connectivity index (χ0n) is 15.6. The quantitative estimate of drug-likeness (QED) is 0.413. The van der Waals surface area contributed by atoms with E-state index in [0.29, 0.717) is 18.3 Å². The van der Waals surface area contributed by atoms with Crippen LogP contribution in [0.4, 0.5) is 0 Å². The van der Waals surface area contributed by atoms with Crippen LogP contribution in [0.3, 0.4) is 0 Å². The lowest BCUT2D eigenvalue weighted by atomic mass is 10.1. The number of sulfonamides is 1. The second-order valence-corrected chi connectivity index (χ2v) is 7.75. The van der Waals surface area contributed by atoms with Gasteiger partial charge in [0.2, 0.25) is 15.9 Å². The molecule has 0 fully saturated rings. The van der Waals surface area contributed by atoms with E-state index in [1.807, 2.05) is 6.92 Å². The molecule has 0 saturated carbocycles. The van der Waals surface area contributed by atoms with Gasteiger partial charge in [0.15, 0.2) is 0 Å². The molecule has 1 unspecified atom stereocenters. The predicted molar refractivity (Wildman–Crippen MR) is 100 cm³/mol. The minimum absolute atomic E-state index is 0.0116. The van der Waals surface area contributed by atoms with Crippen LogP contribution in [0.15, 0.2) is 30.3 Å². The number of hydrogen-bond acceptors (Lipinski definition) is 6. The number of amides is 1. The fraction of sp³-hybridized carbons (Fsp3) is 0.500. The Hall–Kier alpha value is -2.26. The number of carbonyl (C=O) groups is 3. The molecule has 8 nitrogen and oxygen atoms in total. The van der Waals surface area contributed by atoms with E-state index in [4.69, 9.17) is 0 Å². The first-order chi connectivity index (χ1) is 12.8. The van der Waals surface area contributed by atoms with E-state index >= 15 is 0 Å². The molecule has 1 N–H and O–H groups in total. The van der Waals surface area contributed by atoms with Crippen molar-refractivity contribution in [1.82, 2.24) is 9.62 Å². The van der Waals surface area contributed by atoms with Gasteiger partial charge in [-0.3, -0.25) is 9.59 Å². The Labute approximate surface area is 159 Å². The van der Waals surface area contributed by atoms with Crippen LogP contribution in [0.25, 0.3) is 0 Å². The average Bonchev–Trinajstić information content (AvgIpc) is 2.64. The normalized spacial score (nSPS) is 12.2. The lowest BCUT2D eigenvalue weighted by Crippen LogP contribution is -2.50. The van der Waals surface area contributed by atoms with Crippen LogP contribution in [0.5, 0.6) is 0 Å². The maximum Gasteiger partial charge on any atom is 0.325 e. The van der Waals surface area contributed by atoms with E-state index in [9.17, 15) is 22.8 Å². The van der Waals surface area contributed by atoms with Crippen molar-refractivity contribution in [2.24, 2.45) is 0 Å². The van der Waals surface area contributed by atoms with Gasteiger partial charge in [-0.25, -0.2) is 13.1 Å². The molecule has 1 rings (SSSR count). The molecule has 150 valence electrons. The molecular formula is C18H26N2O6S. The molecule has 0 saturated heterocycles. The van der Waals surface area contributed by atoms with Crippen LogP contribution < -0.4 is 4.72 Å². The van der Waals surface area contributed by atoms with Crippen molar-refractivity contribution in [3.05, 3.63) is 35.9 Å². The summed E-state index contributed by atoms with van der Waals surface area (Å²) < 4.78 is 31.9. The fourth-order valence-corrected chi connectivity index (χ4v) is 3.86. The van der Waals surface area contributed by atoms with Gasteiger partial charge in [-0.1, -0.05) is 37.3 Å². The molecule has 0 aromatic heterocycles. The summed E-state index contributed by atoms with van der Waals surface area (Å²) in [7, 11) is -2.61. The van der Waals surface area contributed by atoms with Crippen molar-refractivity contribution in [3.8, 4) is 0 Å². The minimum Gasteiger partial charge on any atom is -0.468 e. The van der Waals surface area contributed by atoms with Crippen molar-refractivity contribution >= 4 is 28.2 Å². The molecule has 0 heterocycles. The van der Waals surface area contributed by atoms with Gasteiger partial charge in [0, 0.05) is 13.0 Å². The number of methoxy groups -OCH3 is 1. The Morgan fingerprint density at radius 3 is 2.48 bits per heavy atom. The van der Waals surface area contributed by atoms with E-state index in [0.717, 1.165) is 0 Å². The van der Waals surface area contributed by atoms with Gasteiger partial charge in [-0.05, 0) is 18.4 Å². The number of nitrogens with zero attached hydrogens (tertiary/aromatic N) is 1. The summed E-state index contributed by atoms with van der Waals surface area (Å²) >= 11 is 0. The molecule has 0 spiro atoms. The minimum atomic E-state index is -3.82. The smallest absolute Gasteiger partial charge is 0.325 e. The summed E-state index contributed by atoms with van der Waals surface area (Å²) in [4.78, 5) is 36.3. The molecule has 1 amide bonds. The van der Waals surface area contributed by atoms with Gasteiger partial charge in [-0.2, -0.15) is 0 Å². The standard InChI is InChI=1S/C18H26N2O6S/c1-3-11-20(13-17(22)26-2)18(23)16(10-7-12-21)19-27(24,25)14-15-8-5-4-6-9-15/h4-6,8-9,12,16,19H,3,7,10-11,13-14H2,1-2H3. The Balaban J connectivity index is 2.95. The average molecular weight is 398 g/mol. The van der Waals surface area contributed by atoms with Crippen molar-refractivity contribution < 1.29 is 27.5 Å². The monoisotopic (exact) mass is 398 g/mol. The second-order valence-electron chi connectivity index (χ2n) is 6.00. The number of benzene rings is 1. The summed E-state index contributed by atoms with van der Waals surface area (Å²) in [6.07, 6.45) is 1.23. The molecule has 0 aliphatic heterocycles. The number of nitrogens with one attached hydrogen (secondary N) is 1. The number of ether oxygens (including phenoxy) is 1. The Morgan fingerprint density at radius 1 is 1.26 bits per heavy atom. The maximum absolute atomic E-state index is 12.8. The highest BCUT2D eigenvalue weighted by atomic mass is 32.2. The Bertz CT molecular complexity index is 721. The molecule has 1 atom stereocenters. The van der Waals surface area contributed by atoms with Gasteiger partial charge >= 0.3 is 5.97 Å². The molecule has 0 bridgehead atoms. The van der Waals surface area contributed by atoms with Crippen LogP contribution in [0.1, 0.15) is 31.7 Å². The Kier molecular flexibility index (Phi) is 9.66. The van der Waals surface area contributed by atoms with Crippen LogP contribution in [0.2, 0.25) is 0 Å². The first kappa shape index (κ1) is 22.8. The van der Waals surface area contributed by atoms with Gasteiger partial charge in [0.1, 0.15) is 18.9 Å². The fourth-order valence-electron chi connectivity index (χ4n) is 2.50. The predicted octanol–water partition coefficient (Wildman–Crippen LogP) is 0.865. The highest BCUT2D eigenvalue weighted by Crippen LogP contribution is 2.09. The molecule has 0 aliphatic carbocycles. The zero-order chi connectivity index (χ0) is 20.3. The third-order valence-electron chi connectivity index (χ3n) is 3.75. The van der Waals surface area contributed by atoms with Crippen LogP contribution in [0, 0.1) is 0 Å².